The van der Waals surface area contributed by atoms with E-state index in [1.54, 1.807) is 6.08 Å². The van der Waals surface area contributed by atoms with Crippen LogP contribution in [0.5, 0.6) is 0 Å². The van der Waals surface area contributed by atoms with Crippen molar-refractivity contribution in [1.82, 2.24) is 4.90 Å². The maximum atomic E-state index is 11.4. The standard InChI is InChI=1S/C13H21NO3/c1-10(2)11(15)4-3-5-14-8-12-13(9-14)17-7-6-16-12/h3-4,10,12-13H,5-9H2,1-2H3/b4-3+/t12-,13+. The van der Waals surface area contributed by atoms with E-state index in [0.717, 1.165) is 19.6 Å². The van der Waals surface area contributed by atoms with Gasteiger partial charge in [-0.1, -0.05) is 19.9 Å². The SMILES string of the molecule is CC(C)C(=O)/C=C/CN1C[C@@H]2OCCO[C@@H]2C1. The first-order valence-corrected chi connectivity index (χ1v) is 6.33. The van der Waals surface area contributed by atoms with Crippen molar-refractivity contribution in [2.45, 2.75) is 26.1 Å². The average Bonchev–Trinajstić information content (AvgIpc) is 2.71. The molecule has 2 fully saturated rings. The number of likely N-dealkylation sites (tertiary alicyclic amines) is 1. The third-order valence-electron chi connectivity index (χ3n) is 3.25. The van der Waals surface area contributed by atoms with Crippen molar-refractivity contribution in [1.29, 1.82) is 0 Å². The highest BCUT2D eigenvalue weighted by Crippen LogP contribution is 2.19. The van der Waals surface area contributed by atoms with Gasteiger partial charge in [0.05, 0.1) is 25.4 Å². The Kier molecular flexibility index (Phi) is 4.31. The zero-order chi connectivity index (χ0) is 12.3. The molecule has 0 aromatic rings. The van der Waals surface area contributed by atoms with Crippen LogP contribution in [0.4, 0.5) is 0 Å². The molecular formula is C13H21NO3. The Balaban J connectivity index is 1.76. The zero-order valence-corrected chi connectivity index (χ0v) is 10.6. The van der Waals surface area contributed by atoms with Crippen LogP contribution in [-0.4, -0.2) is 55.7 Å². The first kappa shape index (κ1) is 12.7. The van der Waals surface area contributed by atoms with E-state index in [9.17, 15) is 4.79 Å². The first-order chi connectivity index (χ1) is 8.16. The summed E-state index contributed by atoms with van der Waals surface area (Å²) < 4.78 is 11.3. The van der Waals surface area contributed by atoms with E-state index in [-0.39, 0.29) is 23.9 Å². The van der Waals surface area contributed by atoms with Crippen molar-refractivity contribution in [2.75, 3.05) is 32.8 Å². The molecule has 0 radical (unpaired) electrons. The van der Waals surface area contributed by atoms with Gasteiger partial charge in [-0.2, -0.15) is 0 Å². The smallest absolute Gasteiger partial charge is 0.157 e. The number of allylic oxidation sites excluding steroid dienone is 1. The van der Waals surface area contributed by atoms with Crippen LogP contribution in [0.2, 0.25) is 0 Å². The molecule has 0 bridgehead atoms. The van der Waals surface area contributed by atoms with E-state index in [2.05, 4.69) is 4.90 Å². The van der Waals surface area contributed by atoms with Crippen molar-refractivity contribution < 1.29 is 14.3 Å². The van der Waals surface area contributed by atoms with Crippen molar-refractivity contribution in [3.63, 3.8) is 0 Å². The summed E-state index contributed by atoms with van der Waals surface area (Å²) in [5, 5.41) is 0. The molecule has 0 aliphatic carbocycles. The predicted octanol–water partition coefficient (Wildman–Crippen LogP) is 0.867. The number of hydrogen-bond donors (Lipinski definition) is 0. The van der Waals surface area contributed by atoms with Crippen molar-refractivity contribution in [2.24, 2.45) is 5.92 Å². The molecule has 4 heteroatoms. The topological polar surface area (TPSA) is 38.8 Å². The minimum Gasteiger partial charge on any atom is -0.372 e. The third kappa shape index (κ3) is 3.37. The van der Waals surface area contributed by atoms with E-state index < -0.39 is 0 Å². The Morgan fingerprint density at radius 1 is 1.29 bits per heavy atom. The van der Waals surface area contributed by atoms with Crippen molar-refractivity contribution >= 4 is 5.78 Å². The quantitative estimate of drug-likeness (QED) is 0.682. The molecule has 0 unspecified atom stereocenters. The average molecular weight is 239 g/mol. The Labute approximate surface area is 103 Å². The molecule has 2 heterocycles. The van der Waals surface area contributed by atoms with Crippen LogP contribution >= 0.6 is 0 Å². The number of rotatable bonds is 4. The molecule has 0 amide bonds. The summed E-state index contributed by atoms with van der Waals surface area (Å²) >= 11 is 0. The molecule has 4 nitrogen and oxygen atoms in total. The Morgan fingerprint density at radius 2 is 1.88 bits per heavy atom. The summed E-state index contributed by atoms with van der Waals surface area (Å²) in [5.41, 5.74) is 0. The second kappa shape index (κ2) is 5.76. The largest absolute Gasteiger partial charge is 0.372 e. The van der Waals surface area contributed by atoms with E-state index in [4.69, 9.17) is 9.47 Å². The fraction of sp³-hybridized carbons (Fsp3) is 0.769. The van der Waals surface area contributed by atoms with Gasteiger partial charge >= 0.3 is 0 Å². The normalized spacial score (nSPS) is 30.1. The maximum absolute atomic E-state index is 11.4. The summed E-state index contributed by atoms with van der Waals surface area (Å²) in [4.78, 5) is 13.7. The number of hydrogen-bond acceptors (Lipinski definition) is 4. The third-order valence-corrected chi connectivity index (χ3v) is 3.25. The number of carbonyl (C=O) groups is 1. The van der Waals surface area contributed by atoms with Gasteiger partial charge in [-0.25, -0.2) is 0 Å². The van der Waals surface area contributed by atoms with E-state index >= 15 is 0 Å². The lowest BCUT2D eigenvalue weighted by Gasteiger charge is -2.24. The van der Waals surface area contributed by atoms with E-state index in [0.29, 0.717) is 13.2 Å². The molecule has 0 saturated carbocycles. The number of carbonyl (C=O) groups excluding carboxylic acids is 1. The Bertz CT molecular complexity index is 287. The summed E-state index contributed by atoms with van der Waals surface area (Å²) in [6.45, 7) is 7.86. The monoisotopic (exact) mass is 239 g/mol. The minimum atomic E-state index is 0.0825. The highest BCUT2D eigenvalue weighted by atomic mass is 16.6. The fourth-order valence-corrected chi connectivity index (χ4v) is 2.20. The summed E-state index contributed by atoms with van der Waals surface area (Å²) in [5.74, 6) is 0.271. The lowest BCUT2D eigenvalue weighted by molar-refractivity contribution is -0.117. The molecule has 2 saturated heterocycles. The molecular weight excluding hydrogens is 218 g/mol. The second-order valence-electron chi connectivity index (χ2n) is 5.00. The maximum Gasteiger partial charge on any atom is 0.157 e. The van der Waals surface area contributed by atoms with E-state index in [1.807, 2.05) is 19.9 Å². The van der Waals surface area contributed by atoms with Gasteiger partial charge in [0.1, 0.15) is 0 Å². The summed E-state index contributed by atoms with van der Waals surface area (Å²) in [6.07, 6.45) is 4.07. The Morgan fingerprint density at radius 3 is 2.41 bits per heavy atom. The number of ketones is 1. The molecule has 2 rings (SSSR count). The predicted molar refractivity (Wildman–Crippen MR) is 64.9 cm³/mol. The fourth-order valence-electron chi connectivity index (χ4n) is 2.20. The minimum absolute atomic E-state index is 0.0825. The van der Waals surface area contributed by atoms with Gasteiger partial charge in [0.15, 0.2) is 5.78 Å². The molecule has 2 aliphatic rings. The molecule has 2 aliphatic heterocycles. The number of fused-ring (bicyclic) bond motifs is 1. The highest BCUT2D eigenvalue weighted by Gasteiger charge is 2.35. The molecule has 2 atom stereocenters. The summed E-state index contributed by atoms with van der Waals surface area (Å²) in [7, 11) is 0. The molecule has 17 heavy (non-hydrogen) atoms. The van der Waals surface area contributed by atoms with Crippen molar-refractivity contribution in [3.8, 4) is 0 Å². The van der Waals surface area contributed by atoms with Crippen LogP contribution in [-0.2, 0) is 14.3 Å². The van der Waals surface area contributed by atoms with Gasteiger partial charge in [0.25, 0.3) is 0 Å². The van der Waals surface area contributed by atoms with Crippen LogP contribution in [0, 0.1) is 5.92 Å². The number of ether oxygens (including phenoxy) is 2. The van der Waals surface area contributed by atoms with E-state index in [1.165, 1.54) is 0 Å². The lowest BCUT2D eigenvalue weighted by Crippen LogP contribution is -2.36. The van der Waals surface area contributed by atoms with Gasteiger partial charge in [0, 0.05) is 25.6 Å². The molecule has 0 aromatic heterocycles. The van der Waals surface area contributed by atoms with Crippen LogP contribution in [0.25, 0.3) is 0 Å². The van der Waals surface area contributed by atoms with Crippen LogP contribution < -0.4 is 0 Å². The van der Waals surface area contributed by atoms with Gasteiger partial charge < -0.3 is 9.47 Å². The number of nitrogens with zero attached hydrogens (tertiary/aromatic N) is 1. The first-order valence-electron chi connectivity index (χ1n) is 6.33. The van der Waals surface area contributed by atoms with Gasteiger partial charge in [-0.15, -0.1) is 0 Å². The van der Waals surface area contributed by atoms with Gasteiger partial charge in [-0.3, -0.25) is 9.69 Å². The molecule has 96 valence electrons. The molecule has 0 aromatic carbocycles. The van der Waals surface area contributed by atoms with Crippen LogP contribution in [0.1, 0.15) is 13.8 Å². The molecule has 0 spiro atoms. The summed E-state index contributed by atoms with van der Waals surface area (Å²) in [6, 6.07) is 0. The lowest BCUT2D eigenvalue weighted by atomic mass is 10.1. The van der Waals surface area contributed by atoms with Gasteiger partial charge in [0.2, 0.25) is 0 Å². The Hall–Kier alpha value is -0.710. The molecule has 0 N–H and O–H groups in total. The highest BCUT2D eigenvalue weighted by molar-refractivity contribution is 5.91. The zero-order valence-electron chi connectivity index (χ0n) is 10.6. The van der Waals surface area contributed by atoms with Gasteiger partial charge in [-0.05, 0) is 6.08 Å². The second-order valence-corrected chi connectivity index (χ2v) is 5.00. The van der Waals surface area contributed by atoms with Crippen molar-refractivity contribution in [3.05, 3.63) is 12.2 Å². The van der Waals surface area contributed by atoms with Crippen LogP contribution in [0.15, 0.2) is 12.2 Å². The van der Waals surface area contributed by atoms with Crippen LogP contribution in [0.3, 0.4) is 0 Å².